The van der Waals surface area contributed by atoms with Crippen molar-refractivity contribution in [3.63, 3.8) is 0 Å². The van der Waals surface area contributed by atoms with Gasteiger partial charge in [-0.25, -0.2) is 0 Å². The van der Waals surface area contributed by atoms with Gasteiger partial charge in [0.05, 0.1) is 12.1 Å². The van der Waals surface area contributed by atoms with Crippen LogP contribution in [0, 0.1) is 0 Å². The Kier molecular flexibility index (Phi) is 3.03. The summed E-state index contributed by atoms with van der Waals surface area (Å²) in [5, 5.41) is 0.169. The Bertz CT molecular complexity index is 347. The molecular weight excluding hydrogens is 192 g/mol. The molecule has 1 aromatic rings. The number of aldehydes is 2. The molecule has 0 unspecified atom stereocenters. The van der Waals surface area contributed by atoms with Gasteiger partial charge in [-0.3, -0.25) is 9.59 Å². The predicted molar refractivity (Wildman–Crippen MR) is 48.8 cm³/mol. The third-order valence-electron chi connectivity index (χ3n) is 1.64. The molecule has 0 aliphatic carbocycles. The molecule has 3 nitrogen and oxygen atoms in total. The molecule has 0 atom stereocenters. The van der Waals surface area contributed by atoms with E-state index in [1.807, 2.05) is 0 Å². The maximum Gasteiger partial charge on any atom is 0.152 e. The Hall–Kier alpha value is -1.35. The number of carbonyl (C=O) groups is 2. The Labute approximate surface area is 80.3 Å². The van der Waals surface area contributed by atoms with E-state index < -0.39 is 0 Å². The number of benzene rings is 1. The second-order valence-corrected chi connectivity index (χ2v) is 2.70. The lowest BCUT2D eigenvalue weighted by Crippen LogP contribution is -1.94. The number of hydrogen-bond acceptors (Lipinski definition) is 3. The quantitative estimate of drug-likeness (QED) is 0.698. The Morgan fingerprint density at radius 3 is 2.46 bits per heavy atom. The number of rotatable bonds is 3. The van der Waals surface area contributed by atoms with Gasteiger partial charge in [-0.1, -0.05) is 11.6 Å². The number of ether oxygens (including phenoxy) is 1. The third-order valence-corrected chi connectivity index (χ3v) is 2.03. The number of hydrogen-bond donors (Lipinski definition) is 0. The zero-order chi connectivity index (χ0) is 9.84. The van der Waals surface area contributed by atoms with E-state index >= 15 is 0 Å². The SMILES string of the molecule is COc1ccc(C=O)c(C=O)c1Cl. The Balaban J connectivity index is 3.39. The molecular formula is C9H7ClO3. The Morgan fingerprint density at radius 2 is 2.00 bits per heavy atom. The maximum absolute atomic E-state index is 10.6. The zero-order valence-corrected chi connectivity index (χ0v) is 7.67. The minimum atomic E-state index is 0.163. The second-order valence-electron chi connectivity index (χ2n) is 2.32. The monoisotopic (exact) mass is 198 g/mol. The molecule has 68 valence electrons. The van der Waals surface area contributed by atoms with Gasteiger partial charge in [0.2, 0.25) is 0 Å². The first kappa shape index (κ1) is 9.74. The molecule has 0 N–H and O–H groups in total. The average Bonchev–Trinajstić information content (AvgIpc) is 2.17. The van der Waals surface area contributed by atoms with Crippen molar-refractivity contribution < 1.29 is 14.3 Å². The highest BCUT2D eigenvalue weighted by Gasteiger charge is 2.10. The second kappa shape index (κ2) is 4.05. The molecule has 1 rings (SSSR count). The van der Waals surface area contributed by atoms with Crippen molar-refractivity contribution in [1.82, 2.24) is 0 Å². The zero-order valence-electron chi connectivity index (χ0n) is 6.91. The first-order chi connectivity index (χ1) is 6.24. The molecule has 0 spiro atoms. The van der Waals surface area contributed by atoms with Crippen molar-refractivity contribution in [2.24, 2.45) is 0 Å². The fourth-order valence-electron chi connectivity index (χ4n) is 0.968. The van der Waals surface area contributed by atoms with Crippen molar-refractivity contribution in [2.45, 2.75) is 0 Å². The summed E-state index contributed by atoms with van der Waals surface area (Å²) in [5.74, 6) is 0.384. The third kappa shape index (κ3) is 1.70. The largest absolute Gasteiger partial charge is 0.495 e. The van der Waals surface area contributed by atoms with Crippen LogP contribution < -0.4 is 4.74 Å². The van der Waals surface area contributed by atoms with Gasteiger partial charge in [-0.2, -0.15) is 0 Å². The summed E-state index contributed by atoms with van der Waals surface area (Å²) in [6.07, 6.45) is 1.11. The minimum absolute atomic E-state index is 0.163. The smallest absolute Gasteiger partial charge is 0.152 e. The topological polar surface area (TPSA) is 43.4 Å². The van der Waals surface area contributed by atoms with E-state index in [0.29, 0.717) is 18.3 Å². The lowest BCUT2D eigenvalue weighted by atomic mass is 10.1. The molecule has 0 heterocycles. The summed E-state index contributed by atoms with van der Waals surface area (Å²) < 4.78 is 4.88. The van der Waals surface area contributed by atoms with E-state index in [-0.39, 0.29) is 16.1 Å². The van der Waals surface area contributed by atoms with Gasteiger partial charge in [0.25, 0.3) is 0 Å². The van der Waals surface area contributed by atoms with E-state index in [9.17, 15) is 9.59 Å². The maximum atomic E-state index is 10.6. The molecule has 0 aliphatic heterocycles. The van der Waals surface area contributed by atoms with Crippen LogP contribution in [-0.2, 0) is 0 Å². The molecule has 0 amide bonds. The normalized spacial score (nSPS) is 9.38. The van der Waals surface area contributed by atoms with Crippen LogP contribution in [0.15, 0.2) is 12.1 Å². The summed E-state index contributed by atoms with van der Waals surface area (Å²) in [5.41, 5.74) is 0.428. The minimum Gasteiger partial charge on any atom is -0.495 e. The standard InChI is InChI=1S/C9H7ClO3/c1-13-8-3-2-6(4-11)7(5-12)9(8)10/h2-5H,1H3. The fourth-order valence-corrected chi connectivity index (χ4v) is 1.26. The molecule has 0 bridgehead atoms. The van der Waals surface area contributed by atoms with Crippen LogP contribution in [0.25, 0.3) is 0 Å². The lowest BCUT2D eigenvalue weighted by molar-refractivity contribution is 0.109. The predicted octanol–water partition coefficient (Wildman–Crippen LogP) is 1.97. The highest BCUT2D eigenvalue weighted by atomic mass is 35.5. The first-order valence-electron chi connectivity index (χ1n) is 3.51. The highest BCUT2D eigenvalue weighted by molar-refractivity contribution is 6.35. The molecule has 0 radical (unpaired) electrons. The summed E-state index contributed by atoms with van der Waals surface area (Å²) in [7, 11) is 1.44. The van der Waals surface area contributed by atoms with E-state index in [1.165, 1.54) is 13.2 Å². The molecule has 13 heavy (non-hydrogen) atoms. The van der Waals surface area contributed by atoms with Crippen LogP contribution in [-0.4, -0.2) is 19.7 Å². The van der Waals surface area contributed by atoms with Gasteiger partial charge in [0, 0.05) is 11.1 Å². The van der Waals surface area contributed by atoms with Crippen LogP contribution in [0.4, 0.5) is 0 Å². The summed E-state index contributed by atoms with van der Waals surface area (Å²) in [6, 6.07) is 3.03. The van der Waals surface area contributed by atoms with Crippen molar-refractivity contribution >= 4 is 24.2 Å². The summed E-state index contributed by atoms with van der Waals surface area (Å²) >= 11 is 5.78. The van der Waals surface area contributed by atoms with Crippen LogP contribution in [0.3, 0.4) is 0 Å². The van der Waals surface area contributed by atoms with Gasteiger partial charge in [-0.15, -0.1) is 0 Å². The molecule has 0 aliphatic rings. The van der Waals surface area contributed by atoms with E-state index in [1.54, 1.807) is 6.07 Å². The lowest BCUT2D eigenvalue weighted by Gasteiger charge is -2.05. The van der Waals surface area contributed by atoms with Crippen molar-refractivity contribution in [3.05, 3.63) is 28.3 Å². The van der Waals surface area contributed by atoms with E-state index in [0.717, 1.165) is 0 Å². The van der Waals surface area contributed by atoms with Crippen LogP contribution >= 0.6 is 11.6 Å². The van der Waals surface area contributed by atoms with Crippen molar-refractivity contribution in [1.29, 1.82) is 0 Å². The van der Waals surface area contributed by atoms with Gasteiger partial charge in [0.1, 0.15) is 5.75 Å². The average molecular weight is 199 g/mol. The van der Waals surface area contributed by atoms with Gasteiger partial charge in [0.15, 0.2) is 12.6 Å². The molecule has 0 saturated carbocycles. The number of carbonyl (C=O) groups excluding carboxylic acids is 2. The molecule has 0 aromatic heterocycles. The van der Waals surface area contributed by atoms with Gasteiger partial charge >= 0.3 is 0 Å². The number of halogens is 1. The summed E-state index contributed by atoms with van der Waals surface area (Å²) in [4.78, 5) is 21.1. The van der Waals surface area contributed by atoms with Gasteiger partial charge in [-0.05, 0) is 12.1 Å². The van der Waals surface area contributed by atoms with E-state index in [4.69, 9.17) is 16.3 Å². The van der Waals surface area contributed by atoms with Crippen LogP contribution in [0.2, 0.25) is 5.02 Å². The Morgan fingerprint density at radius 1 is 1.31 bits per heavy atom. The highest BCUT2D eigenvalue weighted by Crippen LogP contribution is 2.28. The van der Waals surface area contributed by atoms with Crippen LogP contribution in [0.5, 0.6) is 5.75 Å². The van der Waals surface area contributed by atoms with Gasteiger partial charge < -0.3 is 4.74 Å². The van der Waals surface area contributed by atoms with Crippen LogP contribution in [0.1, 0.15) is 20.7 Å². The molecule has 4 heteroatoms. The fraction of sp³-hybridized carbons (Fsp3) is 0.111. The molecule has 1 aromatic carbocycles. The summed E-state index contributed by atoms with van der Waals surface area (Å²) in [6.45, 7) is 0. The molecule has 0 fully saturated rings. The number of methoxy groups -OCH3 is 1. The van der Waals surface area contributed by atoms with Crippen molar-refractivity contribution in [2.75, 3.05) is 7.11 Å². The molecule has 0 saturated heterocycles. The van der Waals surface area contributed by atoms with E-state index in [2.05, 4.69) is 0 Å². The first-order valence-corrected chi connectivity index (χ1v) is 3.89. The van der Waals surface area contributed by atoms with Crippen molar-refractivity contribution in [3.8, 4) is 5.75 Å².